The first kappa shape index (κ1) is 18.0. The molecule has 0 bridgehead atoms. The lowest BCUT2D eigenvalue weighted by Gasteiger charge is -2.22. The number of hydrogen-bond donors (Lipinski definition) is 1. The van der Waals surface area contributed by atoms with Gasteiger partial charge in [0.1, 0.15) is 5.75 Å². The summed E-state index contributed by atoms with van der Waals surface area (Å²) < 4.78 is 5.63. The number of amides is 2. The van der Waals surface area contributed by atoms with E-state index in [2.05, 4.69) is 4.98 Å². The van der Waals surface area contributed by atoms with Gasteiger partial charge in [-0.2, -0.15) is 0 Å². The van der Waals surface area contributed by atoms with Crippen molar-refractivity contribution in [2.45, 2.75) is 19.3 Å². The number of aromatic amines is 1. The number of nitrogens with zero attached hydrogens (tertiary/aromatic N) is 2. The zero-order valence-electron chi connectivity index (χ0n) is 14.9. The minimum Gasteiger partial charge on any atom is -0.494 e. The fraction of sp³-hybridized carbons (Fsp3) is 0.400. The van der Waals surface area contributed by atoms with E-state index in [9.17, 15) is 9.59 Å². The van der Waals surface area contributed by atoms with Gasteiger partial charge >= 0.3 is 0 Å². The fourth-order valence-electron chi connectivity index (χ4n) is 3.10. The second-order valence-electron chi connectivity index (χ2n) is 6.39. The third kappa shape index (κ3) is 4.88. The molecule has 2 aromatic rings. The number of para-hydroxylation sites is 1. The van der Waals surface area contributed by atoms with E-state index in [-0.39, 0.29) is 11.8 Å². The van der Waals surface area contributed by atoms with E-state index >= 15 is 0 Å². The lowest BCUT2D eigenvalue weighted by Crippen LogP contribution is -2.37. The normalized spacial score (nSPS) is 14.8. The summed E-state index contributed by atoms with van der Waals surface area (Å²) in [5, 5.41) is 0. The quantitative estimate of drug-likeness (QED) is 0.810. The Morgan fingerprint density at radius 2 is 1.77 bits per heavy atom. The molecular formula is C20H25N3O3. The van der Waals surface area contributed by atoms with Gasteiger partial charge in [0, 0.05) is 45.0 Å². The second-order valence-corrected chi connectivity index (χ2v) is 6.39. The molecular weight excluding hydrogens is 330 g/mol. The van der Waals surface area contributed by atoms with Crippen molar-refractivity contribution in [1.82, 2.24) is 14.8 Å². The summed E-state index contributed by atoms with van der Waals surface area (Å²) in [6.07, 6.45) is 5.43. The van der Waals surface area contributed by atoms with Gasteiger partial charge in [0.2, 0.25) is 5.91 Å². The number of benzene rings is 1. The van der Waals surface area contributed by atoms with Crippen LogP contribution in [0.4, 0.5) is 0 Å². The molecule has 6 nitrogen and oxygen atoms in total. The number of carbonyl (C=O) groups excluding carboxylic acids is 2. The monoisotopic (exact) mass is 355 g/mol. The SMILES string of the molecule is O=C(CCCOc1ccccc1)N1CCCN(C(=O)c2cc[nH]c2)CC1. The van der Waals surface area contributed by atoms with Crippen LogP contribution in [0.1, 0.15) is 29.6 Å². The van der Waals surface area contributed by atoms with Crippen molar-refractivity contribution in [3.05, 3.63) is 54.4 Å². The number of aromatic nitrogens is 1. The maximum Gasteiger partial charge on any atom is 0.255 e. The van der Waals surface area contributed by atoms with Gasteiger partial charge in [0.25, 0.3) is 5.91 Å². The summed E-state index contributed by atoms with van der Waals surface area (Å²) in [5.41, 5.74) is 0.669. The number of carbonyl (C=O) groups is 2. The molecule has 3 rings (SSSR count). The smallest absolute Gasteiger partial charge is 0.255 e. The molecule has 0 atom stereocenters. The average Bonchev–Trinajstić information content (AvgIpc) is 3.10. The topological polar surface area (TPSA) is 65.6 Å². The molecule has 0 aliphatic carbocycles. The number of nitrogens with one attached hydrogen (secondary N) is 1. The van der Waals surface area contributed by atoms with E-state index in [1.54, 1.807) is 18.5 Å². The zero-order valence-corrected chi connectivity index (χ0v) is 14.9. The van der Waals surface area contributed by atoms with Gasteiger partial charge in [-0.3, -0.25) is 9.59 Å². The van der Waals surface area contributed by atoms with Crippen LogP contribution in [-0.2, 0) is 4.79 Å². The van der Waals surface area contributed by atoms with Crippen LogP contribution in [-0.4, -0.2) is 59.4 Å². The van der Waals surface area contributed by atoms with Crippen molar-refractivity contribution in [2.24, 2.45) is 0 Å². The van der Waals surface area contributed by atoms with Gasteiger partial charge < -0.3 is 19.5 Å². The predicted molar refractivity (Wildman–Crippen MR) is 99.1 cm³/mol. The lowest BCUT2D eigenvalue weighted by atomic mass is 10.2. The Bertz CT molecular complexity index is 700. The molecule has 26 heavy (non-hydrogen) atoms. The number of H-pyrrole nitrogens is 1. The van der Waals surface area contributed by atoms with Crippen molar-refractivity contribution >= 4 is 11.8 Å². The van der Waals surface area contributed by atoms with E-state index in [4.69, 9.17) is 4.74 Å². The molecule has 0 unspecified atom stereocenters. The summed E-state index contributed by atoms with van der Waals surface area (Å²) in [5.74, 6) is 0.989. The third-order valence-corrected chi connectivity index (χ3v) is 4.53. The Labute approximate surface area is 153 Å². The first-order valence-corrected chi connectivity index (χ1v) is 9.12. The van der Waals surface area contributed by atoms with Gasteiger partial charge in [-0.15, -0.1) is 0 Å². The van der Waals surface area contributed by atoms with E-state index in [1.165, 1.54) is 0 Å². The molecule has 6 heteroatoms. The standard InChI is InChI=1S/C20H25N3O3/c24-19(8-4-15-26-18-6-2-1-3-7-18)22-11-5-12-23(14-13-22)20(25)17-9-10-21-16-17/h1-3,6-7,9-10,16,21H,4-5,8,11-15H2. The van der Waals surface area contributed by atoms with Crippen LogP contribution in [0.25, 0.3) is 0 Å². The highest BCUT2D eigenvalue weighted by molar-refractivity contribution is 5.94. The van der Waals surface area contributed by atoms with E-state index in [1.807, 2.05) is 40.1 Å². The highest BCUT2D eigenvalue weighted by Gasteiger charge is 2.22. The van der Waals surface area contributed by atoms with Crippen molar-refractivity contribution < 1.29 is 14.3 Å². The minimum absolute atomic E-state index is 0.0248. The molecule has 0 radical (unpaired) electrons. The molecule has 2 heterocycles. The first-order chi connectivity index (χ1) is 12.7. The number of hydrogen-bond acceptors (Lipinski definition) is 3. The van der Waals surface area contributed by atoms with Gasteiger partial charge in [0.15, 0.2) is 0 Å². The first-order valence-electron chi connectivity index (χ1n) is 9.12. The molecule has 1 fully saturated rings. The van der Waals surface area contributed by atoms with Gasteiger partial charge in [-0.1, -0.05) is 18.2 Å². The van der Waals surface area contributed by atoms with Crippen LogP contribution in [0, 0.1) is 0 Å². The molecule has 1 N–H and O–H groups in total. The van der Waals surface area contributed by atoms with Crippen molar-refractivity contribution in [2.75, 3.05) is 32.8 Å². The van der Waals surface area contributed by atoms with Gasteiger partial charge in [-0.25, -0.2) is 0 Å². The van der Waals surface area contributed by atoms with Crippen molar-refractivity contribution in [3.8, 4) is 5.75 Å². The van der Waals surface area contributed by atoms with Crippen LogP contribution in [0.2, 0.25) is 0 Å². The molecule has 1 aromatic heterocycles. The molecule has 1 aliphatic rings. The molecule has 1 aromatic carbocycles. The summed E-state index contributed by atoms with van der Waals surface area (Å²) >= 11 is 0. The van der Waals surface area contributed by atoms with E-state index in [0.29, 0.717) is 51.2 Å². The Morgan fingerprint density at radius 3 is 2.54 bits per heavy atom. The lowest BCUT2D eigenvalue weighted by molar-refractivity contribution is -0.131. The summed E-state index contributed by atoms with van der Waals surface area (Å²) in [6, 6.07) is 11.4. The van der Waals surface area contributed by atoms with Crippen LogP contribution >= 0.6 is 0 Å². The van der Waals surface area contributed by atoms with E-state index in [0.717, 1.165) is 12.2 Å². The molecule has 138 valence electrons. The van der Waals surface area contributed by atoms with Crippen LogP contribution in [0.15, 0.2) is 48.8 Å². The summed E-state index contributed by atoms with van der Waals surface area (Å²) in [7, 11) is 0. The fourth-order valence-corrected chi connectivity index (χ4v) is 3.10. The van der Waals surface area contributed by atoms with Crippen LogP contribution in [0.3, 0.4) is 0 Å². The van der Waals surface area contributed by atoms with E-state index < -0.39 is 0 Å². The van der Waals surface area contributed by atoms with Crippen LogP contribution in [0.5, 0.6) is 5.75 Å². The number of rotatable bonds is 6. The van der Waals surface area contributed by atoms with Crippen LogP contribution < -0.4 is 4.74 Å². The highest BCUT2D eigenvalue weighted by Crippen LogP contribution is 2.12. The predicted octanol–water partition coefficient (Wildman–Crippen LogP) is 2.55. The largest absolute Gasteiger partial charge is 0.494 e. The molecule has 0 saturated carbocycles. The summed E-state index contributed by atoms with van der Waals surface area (Å²) in [6.45, 7) is 3.09. The molecule has 1 saturated heterocycles. The van der Waals surface area contributed by atoms with Gasteiger partial charge in [0.05, 0.1) is 12.2 Å². The molecule has 1 aliphatic heterocycles. The highest BCUT2D eigenvalue weighted by atomic mass is 16.5. The number of ether oxygens (including phenoxy) is 1. The zero-order chi connectivity index (χ0) is 18.2. The Morgan fingerprint density at radius 1 is 1.00 bits per heavy atom. The average molecular weight is 355 g/mol. The Kier molecular flexibility index (Phi) is 6.30. The molecule has 0 spiro atoms. The summed E-state index contributed by atoms with van der Waals surface area (Å²) in [4.78, 5) is 31.5. The second kappa shape index (κ2) is 9.08. The van der Waals surface area contributed by atoms with Crippen molar-refractivity contribution in [1.29, 1.82) is 0 Å². The third-order valence-electron chi connectivity index (χ3n) is 4.53. The van der Waals surface area contributed by atoms with Crippen molar-refractivity contribution in [3.63, 3.8) is 0 Å². The van der Waals surface area contributed by atoms with Gasteiger partial charge in [-0.05, 0) is 31.0 Å². The minimum atomic E-state index is 0.0248. The maximum absolute atomic E-state index is 12.4. The molecule has 2 amide bonds. The maximum atomic E-state index is 12.4. The Hall–Kier alpha value is -2.76. The Balaban J connectivity index is 1.40.